The molecule has 0 unspecified atom stereocenters. The quantitative estimate of drug-likeness (QED) is 0.279. The van der Waals surface area contributed by atoms with Gasteiger partial charge in [-0.15, -0.1) is 11.3 Å². The van der Waals surface area contributed by atoms with E-state index < -0.39 is 6.10 Å². The molecule has 5 aromatic rings. The van der Waals surface area contributed by atoms with Gasteiger partial charge in [0.2, 0.25) is 0 Å². The van der Waals surface area contributed by atoms with Gasteiger partial charge in [-0.2, -0.15) is 5.10 Å². The van der Waals surface area contributed by atoms with Crippen LogP contribution >= 0.6 is 11.3 Å². The molecule has 188 valence electrons. The average Bonchev–Trinajstić information content (AvgIpc) is 3.54. The SMILES string of the molecule is COc1cccc([C@H](Oc2ccc3c(cnn3-c3ccc(F)cc3)c2)[C@H](C)NC(=O)c2ncc(C)s2)c1. The van der Waals surface area contributed by atoms with Crippen LogP contribution in [0.1, 0.15) is 33.3 Å². The number of nitrogens with zero attached hydrogens (tertiary/aromatic N) is 3. The Hall–Kier alpha value is -4.24. The molecule has 0 bridgehead atoms. The lowest BCUT2D eigenvalue weighted by molar-refractivity contribution is 0.0881. The van der Waals surface area contributed by atoms with Crippen molar-refractivity contribution in [3.05, 3.63) is 100 Å². The number of halogens is 1. The van der Waals surface area contributed by atoms with E-state index in [1.54, 1.807) is 36.3 Å². The van der Waals surface area contributed by atoms with Crippen molar-refractivity contribution < 1.29 is 18.7 Å². The van der Waals surface area contributed by atoms with Crippen molar-refractivity contribution >= 4 is 28.1 Å². The number of ether oxygens (including phenoxy) is 2. The number of aryl methyl sites for hydroxylation is 1. The highest BCUT2D eigenvalue weighted by Gasteiger charge is 2.25. The Morgan fingerprint density at radius 1 is 1.05 bits per heavy atom. The van der Waals surface area contributed by atoms with E-state index >= 15 is 0 Å². The maximum atomic E-state index is 13.4. The summed E-state index contributed by atoms with van der Waals surface area (Å²) in [6.45, 7) is 3.81. The van der Waals surface area contributed by atoms with Crippen LogP contribution < -0.4 is 14.8 Å². The number of carbonyl (C=O) groups is 1. The minimum absolute atomic E-state index is 0.252. The summed E-state index contributed by atoms with van der Waals surface area (Å²) in [6.07, 6.45) is 2.91. The Kier molecular flexibility index (Phi) is 6.87. The van der Waals surface area contributed by atoms with Gasteiger partial charge in [0.15, 0.2) is 5.01 Å². The fourth-order valence-electron chi connectivity index (χ4n) is 4.10. The molecule has 2 aromatic heterocycles. The first kappa shape index (κ1) is 24.5. The van der Waals surface area contributed by atoms with Crippen LogP contribution in [0.5, 0.6) is 11.5 Å². The van der Waals surface area contributed by atoms with E-state index in [0.29, 0.717) is 16.5 Å². The van der Waals surface area contributed by atoms with Crippen molar-refractivity contribution in [3.63, 3.8) is 0 Å². The van der Waals surface area contributed by atoms with Gasteiger partial charge in [-0.1, -0.05) is 12.1 Å². The number of thiazole rings is 1. The summed E-state index contributed by atoms with van der Waals surface area (Å²) in [5, 5.41) is 8.76. The average molecular weight is 517 g/mol. The molecule has 37 heavy (non-hydrogen) atoms. The Morgan fingerprint density at radius 3 is 2.59 bits per heavy atom. The Labute approximate surface area is 217 Å². The maximum Gasteiger partial charge on any atom is 0.280 e. The topological polar surface area (TPSA) is 78.3 Å². The molecule has 0 spiro atoms. The second-order valence-electron chi connectivity index (χ2n) is 8.61. The summed E-state index contributed by atoms with van der Waals surface area (Å²) in [6, 6.07) is 19.0. The molecule has 1 N–H and O–H groups in total. The summed E-state index contributed by atoms with van der Waals surface area (Å²) in [4.78, 5) is 18.0. The monoisotopic (exact) mass is 516 g/mol. The molecule has 0 saturated heterocycles. The highest BCUT2D eigenvalue weighted by atomic mass is 32.1. The molecule has 1 amide bonds. The van der Waals surface area contributed by atoms with Gasteiger partial charge in [-0.25, -0.2) is 14.1 Å². The van der Waals surface area contributed by atoms with Crippen molar-refractivity contribution in [2.24, 2.45) is 0 Å². The van der Waals surface area contributed by atoms with E-state index in [1.165, 1.54) is 23.5 Å². The van der Waals surface area contributed by atoms with E-state index in [0.717, 1.165) is 27.0 Å². The molecule has 2 heterocycles. The Bertz CT molecular complexity index is 1550. The lowest BCUT2D eigenvalue weighted by Crippen LogP contribution is -2.39. The van der Waals surface area contributed by atoms with E-state index in [4.69, 9.17) is 9.47 Å². The molecule has 0 aliphatic heterocycles. The molecule has 0 fully saturated rings. The van der Waals surface area contributed by atoms with Gasteiger partial charge in [0.05, 0.1) is 30.6 Å². The second-order valence-corrected chi connectivity index (χ2v) is 9.84. The molecule has 3 aromatic carbocycles. The van der Waals surface area contributed by atoms with Crippen LogP contribution in [0.2, 0.25) is 0 Å². The zero-order chi connectivity index (χ0) is 25.9. The van der Waals surface area contributed by atoms with Crippen molar-refractivity contribution in [1.82, 2.24) is 20.1 Å². The van der Waals surface area contributed by atoms with Gasteiger partial charge in [-0.05, 0) is 74.0 Å². The Morgan fingerprint density at radius 2 is 1.86 bits per heavy atom. The molecule has 0 aliphatic rings. The van der Waals surface area contributed by atoms with Crippen LogP contribution in [0.3, 0.4) is 0 Å². The minimum atomic E-state index is -0.510. The van der Waals surface area contributed by atoms with Gasteiger partial charge in [0, 0.05) is 16.5 Å². The molecular formula is C28H25FN4O3S. The van der Waals surface area contributed by atoms with Gasteiger partial charge in [0.1, 0.15) is 23.4 Å². The normalized spacial score (nSPS) is 12.8. The van der Waals surface area contributed by atoms with Gasteiger partial charge < -0.3 is 14.8 Å². The van der Waals surface area contributed by atoms with Crippen molar-refractivity contribution in [1.29, 1.82) is 0 Å². The highest BCUT2D eigenvalue weighted by Crippen LogP contribution is 2.30. The number of hydrogen-bond acceptors (Lipinski definition) is 6. The molecule has 5 rings (SSSR count). The number of hydrogen-bond donors (Lipinski definition) is 1. The lowest BCUT2D eigenvalue weighted by atomic mass is 10.0. The molecule has 0 saturated carbocycles. The zero-order valence-corrected chi connectivity index (χ0v) is 21.3. The van der Waals surface area contributed by atoms with E-state index in [-0.39, 0.29) is 17.8 Å². The number of benzene rings is 3. The van der Waals surface area contributed by atoms with Crippen LogP contribution in [0.25, 0.3) is 16.6 Å². The first-order valence-electron chi connectivity index (χ1n) is 11.7. The molecule has 2 atom stereocenters. The first-order chi connectivity index (χ1) is 17.9. The second kappa shape index (κ2) is 10.4. The van der Waals surface area contributed by atoms with E-state index in [1.807, 2.05) is 56.3 Å². The number of rotatable bonds is 8. The van der Waals surface area contributed by atoms with Crippen molar-refractivity contribution in [2.45, 2.75) is 26.0 Å². The largest absolute Gasteiger partial charge is 0.497 e. The minimum Gasteiger partial charge on any atom is -0.497 e. The zero-order valence-electron chi connectivity index (χ0n) is 20.5. The van der Waals surface area contributed by atoms with Gasteiger partial charge in [0.25, 0.3) is 5.91 Å². The third kappa shape index (κ3) is 5.31. The molecule has 9 heteroatoms. The number of amides is 1. The molecule has 0 aliphatic carbocycles. The fraction of sp³-hybridized carbons (Fsp3) is 0.179. The smallest absolute Gasteiger partial charge is 0.280 e. The van der Waals surface area contributed by atoms with Crippen molar-refractivity contribution in [3.8, 4) is 17.2 Å². The van der Waals surface area contributed by atoms with Crippen LogP contribution in [-0.2, 0) is 0 Å². The number of methoxy groups -OCH3 is 1. The van der Waals surface area contributed by atoms with Crippen LogP contribution in [0.4, 0.5) is 4.39 Å². The number of nitrogens with one attached hydrogen (secondary N) is 1. The maximum absolute atomic E-state index is 13.4. The van der Waals surface area contributed by atoms with Gasteiger partial charge in [-0.3, -0.25) is 4.79 Å². The molecular weight excluding hydrogens is 491 g/mol. The summed E-state index contributed by atoms with van der Waals surface area (Å²) >= 11 is 1.34. The third-order valence-electron chi connectivity index (χ3n) is 5.92. The van der Waals surface area contributed by atoms with E-state index in [9.17, 15) is 9.18 Å². The molecule has 7 nitrogen and oxygen atoms in total. The number of fused-ring (bicyclic) bond motifs is 1. The third-order valence-corrected chi connectivity index (χ3v) is 6.84. The molecule has 0 radical (unpaired) electrons. The number of carbonyl (C=O) groups excluding carboxylic acids is 1. The van der Waals surface area contributed by atoms with Crippen LogP contribution in [0, 0.1) is 12.7 Å². The fourth-order valence-corrected chi connectivity index (χ4v) is 4.77. The number of aromatic nitrogens is 3. The summed E-state index contributed by atoms with van der Waals surface area (Å²) < 4.78 is 27.0. The Balaban J connectivity index is 1.44. The predicted octanol–water partition coefficient (Wildman–Crippen LogP) is 5.88. The van der Waals surface area contributed by atoms with Crippen LogP contribution in [-0.4, -0.2) is 33.8 Å². The predicted molar refractivity (Wildman–Crippen MR) is 141 cm³/mol. The van der Waals surface area contributed by atoms with Crippen molar-refractivity contribution in [2.75, 3.05) is 7.11 Å². The first-order valence-corrected chi connectivity index (χ1v) is 12.5. The highest BCUT2D eigenvalue weighted by molar-refractivity contribution is 7.13. The lowest BCUT2D eigenvalue weighted by Gasteiger charge is -2.26. The van der Waals surface area contributed by atoms with Gasteiger partial charge >= 0.3 is 0 Å². The summed E-state index contributed by atoms with van der Waals surface area (Å²) in [5.74, 6) is 0.755. The standard InChI is InChI=1S/C28H25FN4O3S/c1-17-15-30-28(37-17)27(34)32-18(2)26(19-5-4-6-23(13-19)35-3)36-24-11-12-25-20(14-24)16-31-33(25)22-9-7-21(29)8-10-22/h4-16,18,26H,1-3H3,(H,32,34)/t18-,26+/m0/s1. The summed E-state index contributed by atoms with van der Waals surface area (Å²) in [5.41, 5.74) is 2.47. The van der Waals surface area contributed by atoms with E-state index in [2.05, 4.69) is 15.4 Å². The summed E-state index contributed by atoms with van der Waals surface area (Å²) in [7, 11) is 1.61. The van der Waals surface area contributed by atoms with Crippen LogP contribution in [0.15, 0.2) is 79.1 Å².